The number of thiocarbonyl (C=S) groups is 1. The molecule has 0 saturated heterocycles. The molecule has 0 aliphatic carbocycles. The van der Waals surface area contributed by atoms with E-state index in [-0.39, 0.29) is 24.0 Å². The minimum Gasteiger partial charge on any atom is -0.395 e. The van der Waals surface area contributed by atoms with Crippen molar-refractivity contribution in [2.45, 2.75) is 19.9 Å². The van der Waals surface area contributed by atoms with E-state index in [4.69, 9.17) is 23.1 Å². The van der Waals surface area contributed by atoms with Crippen LogP contribution in [0, 0.1) is 5.92 Å². The van der Waals surface area contributed by atoms with Gasteiger partial charge in [0.2, 0.25) is 5.91 Å². The normalized spacial score (nSPS) is 11.9. The van der Waals surface area contributed by atoms with Crippen LogP contribution in [0.1, 0.15) is 18.9 Å². The minimum absolute atomic E-state index is 0.0770. The van der Waals surface area contributed by atoms with Gasteiger partial charge in [0, 0.05) is 13.1 Å². The number of nitrogens with zero attached hydrogens (tertiary/aromatic N) is 1. The molecule has 19 heavy (non-hydrogen) atoms. The summed E-state index contributed by atoms with van der Waals surface area (Å²) >= 11 is 4.93. The number of hydrogen-bond acceptors (Lipinski definition) is 3. The lowest BCUT2D eigenvalue weighted by molar-refractivity contribution is -0.134. The summed E-state index contributed by atoms with van der Waals surface area (Å²) in [6, 6.07) is 9.65. The zero-order valence-corrected chi connectivity index (χ0v) is 11.9. The van der Waals surface area contributed by atoms with E-state index < -0.39 is 5.92 Å². The first kappa shape index (κ1) is 15.6. The summed E-state index contributed by atoms with van der Waals surface area (Å²) in [5.41, 5.74) is 6.61. The molecule has 1 aromatic rings. The van der Waals surface area contributed by atoms with Crippen molar-refractivity contribution in [2.24, 2.45) is 11.7 Å². The average Bonchev–Trinajstić information content (AvgIpc) is 2.39. The van der Waals surface area contributed by atoms with Gasteiger partial charge in [-0.15, -0.1) is 0 Å². The van der Waals surface area contributed by atoms with Gasteiger partial charge >= 0.3 is 0 Å². The Bertz CT molecular complexity index is 423. The molecule has 1 rings (SSSR count). The van der Waals surface area contributed by atoms with E-state index in [1.54, 1.807) is 4.90 Å². The maximum atomic E-state index is 12.4. The summed E-state index contributed by atoms with van der Waals surface area (Å²) in [7, 11) is 0. The molecule has 0 fully saturated rings. The lowest BCUT2D eigenvalue weighted by atomic mass is 10.0. The summed E-state index contributed by atoms with van der Waals surface area (Å²) < 4.78 is 0. The van der Waals surface area contributed by atoms with Crippen molar-refractivity contribution in [1.82, 2.24) is 4.90 Å². The van der Waals surface area contributed by atoms with Gasteiger partial charge in [-0.25, -0.2) is 0 Å². The zero-order valence-electron chi connectivity index (χ0n) is 11.1. The monoisotopic (exact) mass is 280 g/mol. The van der Waals surface area contributed by atoms with Crippen molar-refractivity contribution < 1.29 is 9.90 Å². The van der Waals surface area contributed by atoms with Crippen molar-refractivity contribution in [1.29, 1.82) is 0 Å². The highest BCUT2D eigenvalue weighted by molar-refractivity contribution is 7.80. The molecule has 0 aromatic heterocycles. The minimum atomic E-state index is -0.453. The lowest BCUT2D eigenvalue weighted by Gasteiger charge is -2.26. The smallest absolute Gasteiger partial charge is 0.232 e. The van der Waals surface area contributed by atoms with E-state index in [1.165, 1.54) is 0 Å². The van der Waals surface area contributed by atoms with E-state index in [9.17, 15) is 4.79 Å². The van der Waals surface area contributed by atoms with Gasteiger partial charge in [0.05, 0.1) is 17.5 Å². The van der Waals surface area contributed by atoms with E-state index in [0.29, 0.717) is 13.0 Å². The Morgan fingerprint density at radius 3 is 2.53 bits per heavy atom. The fourth-order valence-corrected chi connectivity index (χ4v) is 2.18. The van der Waals surface area contributed by atoms with Crippen LogP contribution in [0.3, 0.4) is 0 Å². The number of carbonyl (C=O) groups is 1. The number of benzene rings is 1. The van der Waals surface area contributed by atoms with E-state index in [2.05, 4.69) is 0 Å². The second-order valence-corrected chi connectivity index (χ2v) is 4.80. The molecule has 1 aromatic carbocycles. The standard InChI is InChI=1S/C14H20N2O2S/c1-2-12(13(15)19)14(18)16(8-9-17)10-11-6-4-3-5-7-11/h3-7,12,17H,2,8-10H2,1H3,(H2,15,19). The number of aliphatic hydroxyl groups is 1. The molecule has 3 N–H and O–H groups in total. The fraction of sp³-hybridized carbons (Fsp3) is 0.429. The summed E-state index contributed by atoms with van der Waals surface area (Å²) in [4.78, 5) is 14.2. The lowest BCUT2D eigenvalue weighted by Crippen LogP contribution is -2.41. The largest absolute Gasteiger partial charge is 0.395 e. The van der Waals surface area contributed by atoms with Crippen LogP contribution in [0.5, 0.6) is 0 Å². The molecule has 4 nitrogen and oxygen atoms in total. The maximum Gasteiger partial charge on any atom is 0.232 e. The second kappa shape index (κ2) is 7.86. The number of amides is 1. The number of rotatable bonds is 7. The third kappa shape index (κ3) is 4.61. The number of hydrogen-bond donors (Lipinski definition) is 2. The highest BCUT2D eigenvalue weighted by Crippen LogP contribution is 2.12. The van der Waals surface area contributed by atoms with Crippen molar-refractivity contribution in [2.75, 3.05) is 13.2 Å². The molecule has 1 atom stereocenters. The van der Waals surface area contributed by atoms with Gasteiger partial charge in [0.15, 0.2) is 0 Å². The van der Waals surface area contributed by atoms with Gasteiger partial charge in [0.1, 0.15) is 0 Å². The molecule has 0 bridgehead atoms. The topological polar surface area (TPSA) is 66.6 Å². The molecule has 104 valence electrons. The van der Waals surface area contributed by atoms with E-state index in [1.807, 2.05) is 37.3 Å². The zero-order chi connectivity index (χ0) is 14.3. The molecule has 0 aliphatic rings. The molecule has 1 unspecified atom stereocenters. The molecule has 1 amide bonds. The first-order chi connectivity index (χ1) is 9.10. The number of aliphatic hydroxyl groups excluding tert-OH is 1. The van der Waals surface area contributed by atoms with E-state index in [0.717, 1.165) is 5.56 Å². The molecule has 0 aliphatic heterocycles. The summed E-state index contributed by atoms with van der Waals surface area (Å²) in [5.74, 6) is -0.571. The molecular weight excluding hydrogens is 260 g/mol. The van der Waals surface area contributed by atoms with Gasteiger partial charge in [-0.05, 0) is 12.0 Å². The Kier molecular flexibility index (Phi) is 6.45. The SMILES string of the molecule is CCC(C(=O)N(CCO)Cc1ccccc1)C(N)=S. The van der Waals surface area contributed by atoms with E-state index >= 15 is 0 Å². The number of nitrogens with two attached hydrogens (primary N) is 1. The first-order valence-corrected chi connectivity index (χ1v) is 6.73. The van der Waals surface area contributed by atoms with Gasteiger partial charge in [-0.1, -0.05) is 49.5 Å². The molecule has 0 spiro atoms. The summed E-state index contributed by atoms with van der Waals surface area (Å²) in [5, 5.41) is 9.10. The quantitative estimate of drug-likeness (QED) is 0.739. The van der Waals surface area contributed by atoms with Gasteiger partial charge in [-0.2, -0.15) is 0 Å². The van der Waals surface area contributed by atoms with Gasteiger partial charge in [0.25, 0.3) is 0 Å². The summed E-state index contributed by atoms with van der Waals surface area (Å²) in [6.45, 7) is 2.54. The number of carbonyl (C=O) groups excluding carboxylic acids is 1. The van der Waals surface area contributed by atoms with Crippen LogP contribution in [-0.2, 0) is 11.3 Å². The Hall–Kier alpha value is -1.46. The molecule has 0 radical (unpaired) electrons. The molecule has 5 heteroatoms. The predicted molar refractivity (Wildman–Crippen MR) is 79.5 cm³/mol. The van der Waals surface area contributed by atoms with Crippen molar-refractivity contribution in [3.63, 3.8) is 0 Å². The van der Waals surface area contributed by atoms with Crippen LogP contribution in [-0.4, -0.2) is 34.1 Å². The summed E-state index contributed by atoms with van der Waals surface area (Å²) in [6.07, 6.45) is 0.574. The first-order valence-electron chi connectivity index (χ1n) is 6.33. The van der Waals surface area contributed by atoms with Crippen LogP contribution in [0.4, 0.5) is 0 Å². The Labute approximate surface area is 119 Å². The molecule has 0 heterocycles. The van der Waals surface area contributed by atoms with Gasteiger partial charge < -0.3 is 15.7 Å². The average molecular weight is 280 g/mol. The Morgan fingerprint density at radius 2 is 2.05 bits per heavy atom. The fourth-order valence-electron chi connectivity index (χ4n) is 1.91. The van der Waals surface area contributed by atoms with Crippen molar-refractivity contribution in [3.8, 4) is 0 Å². The predicted octanol–water partition coefficient (Wildman–Crippen LogP) is 1.32. The van der Waals surface area contributed by atoms with Crippen LogP contribution in [0.15, 0.2) is 30.3 Å². The third-order valence-corrected chi connectivity index (χ3v) is 3.23. The molecular formula is C14H20N2O2S. The van der Waals surface area contributed by atoms with Crippen LogP contribution >= 0.6 is 12.2 Å². The Morgan fingerprint density at radius 1 is 1.42 bits per heavy atom. The highest BCUT2D eigenvalue weighted by atomic mass is 32.1. The second-order valence-electron chi connectivity index (χ2n) is 4.33. The molecule has 0 saturated carbocycles. The van der Waals surface area contributed by atoms with Crippen molar-refractivity contribution >= 4 is 23.1 Å². The maximum absolute atomic E-state index is 12.4. The third-order valence-electron chi connectivity index (χ3n) is 2.95. The van der Waals surface area contributed by atoms with Crippen LogP contribution < -0.4 is 5.73 Å². The van der Waals surface area contributed by atoms with Crippen molar-refractivity contribution in [3.05, 3.63) is 35.9 Å². The highest BCUT2D eigenvalue weighted by Gasteiger charge is 2.24. The van der Waals surface area contributed by atoms with Gasteiger partial charge in [-0.3, -0.25) is 4.79 Å². The van der Waals surface area contributed by atoms with Crippen LogP contribution in [0.2, 0.25) is 0 Å². The Balaban J connectivity index is 2.82. The van der Waals surface area contributed by atoms with Crippen LogP contribution in [0.25, 0.3) is 0 Å².